The number of amides is 1. The molecular formula is C15H21ClN2O2. The monoisotopic (exact) mass is 296 g/mol. The molecule has 4 nitrogen and oxygen atoms in total. The summed E-state index contributed by atoms with van der Waals surface area (Å²) >= 11 is 5.98. The van der Waals surface area contributed by atoms with E-state index in [4.69, 9.17) is 16.7 Å². The Labute approximate surface area is 124 Å². The topological polar surface area (TPSA) is 52.6 Å². The molecule has 0 atom stereocenters. The number of benzene rings is 1. The van der Waals surface area contributed by atoms with Gasteiger partial charge in [0.2, 0.25) is 0 Å². The van der Waals surface area contributed by atoms with Crippen molar-refractivity contribution in [3.63, 3.8) is 0 Å². The van der Waals surface area contributed by atoms with E-state index in [0.29, 0.717) is 12.5 Å². The summed E-state index contributed by atoms with van der Waals surface area (Å²) in [7, 11) is 0. The molecule has 1 aliphatic heterocycles. The Balaban J connectivity index is 1.68. The van der Waals surface area contributed by atoms with E-state index in [1.165, 1.54) is 5.56 Å². The van der Waals surface area contributed by atoms with Gasteiger partial charge in [-0.1, -0.05) is 23.7 Å². The van der Waals surface area contributed by atoms with Gasteiger partial charge in [0.05, 0.1) is 0 Å². The van der Waals surface area contributed by atoms with E-state index in [0.717, 1.165) is 43.9 Å². The molecule has 20 heavy (non-hydrogen) atoms. The second kappa shape index (κ2) is 7.50. The molecule has 1 saturated heterocycles. The van der Waals surface area contributed by atoms with Crippen LogP contribution < -0.4 is 5.32 Å². The Kier molecular flexibility index (Phi) is 5.68. The second-order valence-electron chi connectivity index (χ2n) is 5.35. The van der Waals surface area contributed by atoms with Crippen molar-refractivity contribution in [2.75, 3.05) is 26.2 Å². The van der Waals surface area contributed by atoms with Crippen LogP contribution in [0.3, 0.4) is 0 Å². The second-order valence-corrected chi connectivity index (χ2v) is 5.79. The van der Waals surface area contributed by atoms with E-state index < -0.39 is 6.09 Å². The van der Waals surface area contributed by atoms with Gasteiger partial charge in [-0.2, -0.15) is 0 Å². The van der Waals surface area contributed by atoms with Gasteiger partial charge in [-0.3, -0.25) is 0 Å². The van der Waals surface area contributed by atoms with E-state index in [-0.39, 0.29) is 0 Å². The fraction of sp³-hybridized carbons (Fsp3) is 0.533. The van der Waals surface area contributed by atoms with Gasteiger partial charge in [0.1, 0.15) is 0 Å². The first-order chi connectivity index (χ1) is 9.63. The summed E-state index contributed by atoms with van der Waals surface area (Å²) in [4.78, 5) is 12.9. The highest BCUT2D eigenvalue weighted by molar-refractivity contribution is 6.30. The molecule has 0 aliphatic carbocycles. The van der Waals surface area contributed by atoms with Crippen molar-refractivity contribution in [3.05, 3.63) is 34.9 Å². The minimum atomic E-state index is -0.923. The van der Waals surface area contributed by atoms with Crippen LogP contribution in [0.1, 0.15) is 18.4 Å². The molecule has 1 heterocycles. The van der Waals surface area contributed by atoms with Gasteiger partial charge in [0.15, 0.2) is 0 Å². The first-order valence-electron chi connectivity index (χ1n) is 7.07. The highest BCUT2D eigenvalue weighted by atomic mass is 35.5. The van der Waals surface area contributed by atoms with E-state index in [1.807, 2.05) is 18.2 Å². The Morgan fingerprint density at radius 3 is 2.80 bits per heavy atom. The third-order valence-electron chi connectivity index (χ3n) is 3.85. The van der Waals surface area contributed by atoms with E-state index in [1.54, 1.807) is 0 Å². The van der Waals surface area contributed by atoms with Crippen molar-refractivity contribution in [2.45, 2.75) is 19.3 Å². The van der Waals surface area contributed by atoms with Crippen LogP contribution in [0.4, 0.5) is 4.79 Å². The maximum absolute atomic E-state index is 10.5. The SMILES string of the molecule is O=C(O)NCC1CCN(CCc2cccc(Cl)c2)CC1. The van der Waals surface area contributed by atoms with Crippen LogP contribution in [0.5, 0.6) is 0 Å². The van der Waals surface area contributed by atoms with Crippen molar-refractivity contribution in [3.8, 4) is 0 Å². The largest absolute Gasteiger partial charge is 0.465 e. The average molecular weight is 297 g/mol. The van der Waals surface area contributed by atoms with Gasteiger partial charge < -0.3 is 15.3 Å². The molecular weight excluding hydrogens is 276 g/mol. The van der Waals surface area contributed by atoms with Crippen LogP contribution in [0.25, 0.3) is 0 Å². The number of carboxylic acid groups (broad SMARTS) is 1. The van der Waals surface area contributed by atoms with Crippen LogP contribution >= 0.6 is 11.6 Å². The number of rotatable bonds is 5. The molecule has 0 spiro atoms. The van der Waals surface area contributed by atoms with Gasteiger partial charge >= 0.3 is 6.09 Å². The minimum Gasteiger partial charge on any atom is -0.465 e. The number of likely N-dealkylation sites (tertiary alicyclic amines) is 1. The van der Waals surface area contributed by atoms with Crippen molar-refractivity contribution in [1.29, 1.82) is 0 Å². The fourth-order valence-corrected chi connectivity index (χ4v) is 2.84. The summed E-state index contributed by atoms with van der Waals surface area (Å²) < 4.78 is 0. The van der Waals surface area contributed by atoms with E-state index in [2.05, 4.69) is 16.3 Å². The van der Waals surface area contributed by atoms with Crippen molar-refractivity contribution >= 4 is 17.7 Å². The van der Waals surface area contributed by atoms with Gasteiger partial charge in [0.25, 0.3) is 0 Å². The molecule has 1 aliphatic rings. The summed E-state index contributed by atoms with van der Waals surface area (Å²) in [5.74, 6) is 0.480. The summed E-state index contributed by atoms with van der Waals surface area (Å²) in [5.41, 5.74) is 1.27. The average Bonchev–Trinajstić information content (AvgIpc) is 2.44. The minimum absolute atomic E-state index is 0.480. The molecule has 0 unspecified atom stereocenters. The van der Waals surface area contributed by atoms with Crippen molar-refractivity contribution in [1.82, 2.24) is 10.2 Å². The van der Waals surface area contributed by atoms with Crippen molar-refractivity contribution < 1.29 is 9.90 Å². The van der Waals surface area contributed by atoms with Crippen LogP contribution in [0, 0.1) is 5.92 Å². The molecule has 1 amide bonds. The standard InChI is InChI=1S/C15H21ClN2O2/c16-14-3-1-2-12(10-14)4-7-18-8-5-13(6-9-18)11-17-15(19)20/h1-3,10,13,17H,4-9,11H2,(H,19,20). The lowest BCUT2D eigenvalue weighted by atomic mass is 9.96. The summed E-state index contributed by atoms with van der Waals surface area (Å²) in [5, 5.41) is 11.9. The van der Waals surface area contributed by atoms with Crippen LogP contribution in [-0.4, -0.2) is 42.3 Å². The quantitative estimate of drug-likeness (QED) is 0.878. The predicted molar refractivity (Wildman–Crippen MR) is 80.3 cm³/mol. The third kappa shape index (κ3) is 5.02. The Morgan fingerprint density at radius 2 is 2.15 bits per heavy atom. The summed E-state index contributed by atoms with van der Waals surface area (Å²) in [6.45, 7) is 3.72. The van der Waals surface area contributed by atoms with Gasteiger partial charge in [-0.25, -0.2) is 4.79 Å². The number of halogens is 1. The Bertz CT molecular complexity index is 445. The van der Waals surface area contributed by atoms with Crippen LogP contribution in [0.2, 0.25) is 5.02 Å². The van der Waals surface area contributed by atoms with Crippen LogP contribution in [-0.2, 0) is 6.42 Å². The molecule has 5 heteroatoms. The number of carbonyl (C=O) groups is 1. The summed E-state index contributed by atoms with van der Waals surface area (Å²) in [6.07, 6.45) is 2.22. The zero-order valence-electron chi connectivity index (χ0n) is 11.5. The molecule has 1 aromatic carbocycles. The number of hydrogen-bond donors (Lipinski definition) is 2. The molecule has 1 fully saturated rings. The van der Waals surface area contributed by atoms with E-state index >= 15 is 0 Å². The first-order valence-corrected chi connectivity index (χ1v) is 7.45. The maximum Gasteiger partial charge on any atom is 0.404 e. The smallest absolute Gasteiger partial charge is 0.404 e. The lowest BCUT2D eigenvalue weighted by Gasteiger charge is -2.31. The molecule has 0 saturated carbocycles. The van der Waals surface area contributed by atoms with Crippen molar-refractivity contribution in [2.24, 2.45) is 5.92 Å². The van der Waals surface area contributed by atoms with Gasteiger partial charge in [-0.15, -0.1) is 0 Å². The number of nitrogens with zero attached hydrogens (tertiary/aromatic N) is 1. The highest BCUT2D eigenvalue weighted by Gasteiger charge is 2.19. The molecule has 0 radical (unpaired) electrons. The first kappa shape index (κ1) is 15.1. The molecule has 1 aromatic rings. The predicted octanol–water partition coefficient (Wildman–Crippen LogP) is 2.86. The highest BCUT2D eigenvalue weighted by Crippen LogP contribution is 2.17. The lowest BCUT2D eigenvalue weighted by Crippen LogP contribution is -2.39. The zero-order chi connectivity index (χ0) is 14.4. The zero-order valence-corrected chi connectivity index (χ0v) is 12.3. The van der Waals surface area contributed by atoms with E-state index in [9.17, 15) is 4.79 Å². The third-order valence-corrected chi connectivity index (χ3v) is 4.09. The molecule has 0 bridgehead atoms. The molecule has 2 N–H and O–H groups in total. The maximum atomic E-state index is 10.5. The summed E-state index contributed by atoms with van der Waals surface area (Å²) in [6, 6.07) is 8.01. The molecule has 0 aromatic heterocycles. The normalized spacial score (nSPS) is 17.1. The molecule has 110 valence electrons. The fourth-order valence-electron chi connectivity index (χ4n) is 2.63. The van der Waals surface area contributed by atoms with Crippen LogP contribution in [0.15, 0.2) is 24.3 Å². The number of hydrogen-bond acceptors (Lipinski definition) is 2. The number of nitrogens with one attached hydrogen (secondary N) is 1. The molecule has 2 rings (SSSR count). The van der Waals surface area contributed by atoms with Gasteiger partial charge in [-0.05, 0) is 56.0 Å². The van der Waals surface area contributed by atoms with Gasteiger partial charge in [0, 0.05) is 18.1 Å². The Hall–Kier alpha value is -1.26. The lowest BCUT2D eigenvalue weighted by molar-refractivity contribution is 0.171. The number of piperidine rings is 1. The Morgan fingerprint density at radius 1 is 1.40 bits per heavy atom.